The van der Waals surface area contributed by atoms with Crippen molar-refractivity contribution in [3.8, 4) is 0 Å². The number of hydrogen-bond donors (Lipinski definition) is 0. The molecule has 1 rings (SSSR count). The Kier molecular flexibility index (Phi) is 3.38. The lowest BCUT2D eigenvalue weighted by molar-refractivity contribution is 0.493. The van der Waals surface area contributed by atoms with E-state index < -0.39 is 0 Å². The van der Waals surface area contributed by atoms with E-state index in [0.717, 1.165) is 17.9 Å². The van der Waals surface area contributed by atoms with Crippen LogP contribution < -0.4 is 0 Å². The first-order chi connectivity index (χ1) is 6.12. The van der Waals surface area contributed by atoms with E-state index in [1.165, 1.54) is 5.56 Å². The van der Waals surface area contributed by atoms with E-state index in [4.69, 9.17) is 11.6 Å². The summed E-state index contributed by atoms with van der Waals surface area (Å²) in [4.78, 5) is 0. The smallest absolute Gasteiger partial charge is 0.0408 e. The van der Waals surface area contributed by atoms with Crippen LogP contribution in [-0.4, -0.2) is 0 Å². The van der Waals surface area contributed by atoms with Crippen LogP contribution in [0, 0.1) is 6.92 Å². The minimum Gasteiger partial charge on any atom is -0.0843 e. The van der Waals surface area contributed by atoms with Gasteiger partial charge in [0.1, 0.15) is 0 Å². The number of halogens is 1. The topological polar surface area (TPSA) is 0 Å². The van der Waals surface area contributed by atoms with E-state index in [9.17, 15) is 0 Å². The second-order valence-corrected chi connectivity index (χ2v) is 3.93. The van der Waals surface area contributed by atoms with Crippen molar-refractivity contribution in [3.05, 3.63) is 41.8 Å². The monoisotopic (exact) mass is 195 g/mol. The van der Waals surface area contributed by atoms with Gasteiger partial charge in [-0.2, -0.15) is 0 Å². The maximum Gasteiger partial charge on any atom is 0.0408 e. The molecule has 0 saturated carbocycles. The zero-order chi connectivity index (χ0) is 9.90. The quantitative estimate of drug-likeness (QED) is 0.677. The molecule has 0 aliphatic rings. The molecular formula is C12H16Cl. The third-order valence-corrected chi connectivity index (χ3v) is 3.03. The summed E-state index contributed by atoms with van der Waals surface area (Å²) in [5.74, 6) is 0. The molecule has 1 radical (unpaired) electrons. The van der Waals surface area contributed by atoms with Gasteiger partial charge in [-0.1, -0.05) is 37.6 Å². The van der Waals surface area contributed by atoms with Crippen LogP contribution in [0.2, 0.25) is 5.02 Å². The Hall–Kier alpha value is -0.490. The highest BCUT2D eigenvalue weighted by Gasteiger charge is 2.21. The average Bonchev–Trinajstić information content (AvgIpc) is 2.17. The van der Waals surface area contributed by atoms with Crippen molar-refractivity contribution in [2.45, 2.75) is 32.1 Å². The Balaban J connectivity index is 3.05. The molecule has 71 valence electrons. The summed E-state index contributed by atoms with van der Waals surface area (Å²) in [6.45, 7) is 8.59. The second-order valence-electron chi connectivity index (χ2n) is 3.50. The van der Waals surface area contributed by atoms with Crippen LogP contribution in [-0.2, 0) is 5.41 Å². The molecule has 0 nitrogen and oxygen atoms in total. The molecule has 0 saturated heterocycles. The normalized spacial score (nSPS) is 11.7. The van der Waals surface area contributed by atoms with E-state index in [1.54, 1.807) is 0 Å². The molecule has 1 heteroatoms. The molecule has 1 aromatic carbocycles. The van der Waals surface area contributed by atoms with E-state index in [0.29, 0.717) is 0 Å². The van der Waals surface area contributed by atoms with E-state index >= 15 is 0 Å². The Labute approximate surface area is 85.9 Å². The lowest BCUT2D eigenvalue weighted by Gasteiger charge is -2.27. The molecule has 0 aliphatic carbocycles. The number of benzene rings is 1. The molecule has 0 spiro atoms. The van der Waals surface area contributed by atoms with Crippen LogP contribution in [0.1, 0.15) is 32.3 Å². The minimum absolute atomic E-state index is 0.0326. The molecule has 0 atom stereocenters. The summed E-state index contributed by atoms with van der Waals surface area (Å²) in [6.07, 6.45) is 2.09. The average molecular weight is 196 g/mol. The summed E-state index contributed by atoms with van der Waals surface area (Å²) in [6, 6.07) is 8.01. The van der Waals surface area contributed by atoms with Crippen LogP contribution in [0.5, 0.6) is 0 Å². The molecule has 0 unspecified atom stereocenters. The van der Waals surface area contributed by atoms with Crippen LogP contribution in [0.15, 0.2) is 24.3 Å². The molecule has 0 bridgehead atoms. The Morgan fingerprint density at radius 2 is 1.92 bits per heavy atom. The van der Waals surface area contributed by atoms with Gasteiger partial charge in [-0.3, -0.25) is 0 Å². The van der Waals surface area contributed by atoms with Crippen molar-refractivity contribution in [1.82, 2.24) is 0 Å². The van der Waals surface area contributed by atoms with Crippen molar-refractivity contribution >= 4 is 11.6 Å². The fourth-order valence-corrected chi connectivity index (χ4v) is 1.67. The first kappa shape index (κ1) is 10.6. The minimum atomic E-state index is 0.0326. The Bertz CT molecular complexity index is 274. The summed E-state index contributed by atoms with van der Waals surface area (Å²) in [7, 11) is 0. The van der Waals surface area contributed by atoms with Gasteiger partial charge in [0.05, 0.1) is 0 Å². The first-order valence-corrected chi connectivity index (χ1v) is 5.11. The van der Waals surface area contributed by atoms with Crippen LogP contribution >= 0.6 is 11.6 Å². The molecule has 1 aromatic rings. The van der Waals surface area contributed by atoms with Gasteiger partial charge < -0.3 is 0 Å². The Morgan fingerprint density at radius 1 is 1.31 bits per heavy atom. The van der Waals surface area contributed by atoms with Gasteiger partial charge in [-0.05, 0) is 42.9 Å². The third kappa shape index (κ3) is 2.25. The van der Waals surface area contributed by atoms with Crippen molar-refractivity contribution in [1.29, 1.82) is 0 Å². The maximum atomic E-state index is 5.94. The maximum absolute atomic E-state index is 5.94. The predicted molar refractivity (Wildman–Crippen MR) is 59.1 cm³/mol. The van der Waals surface area contributed by atoms with Crippen molar-refractivity contribution in [3.63, 3.8) is 0 Å². The van der Waals surface area contributed by atoms with E-state index in [2.05, 4.69) is 26.8 Å². The standard InChI is InChI=1S/C12H16Cl/c1-4-12(3,5-2)10-7-6-8-11(13)9-10/h6-9H,3-5H2,1-2H3. The van der Waals surface area contributed by atoms with Crippen LogP contribution in [0.3, 0.4) is 0 Å². The van der Waals surface area contributed by atoms with E-state index in [1.807, 2.05) is 18.2 Å². The molecule has 0 N–H and O–H groups in total. The zero-order valence-corrected chi connectivity index (χ0v) is 9.06. The SMILES string of the molecule is [CH2]C(CC)(CC)c1cccc(Cl)c1. The van der Waals surface area contributed by atoms with Gasteiger partial charge in [-0.15, -0.1) is 0 Å². The van der Waals surface area contributed by atoms with Gasteiger partial charge in [0.25, 0.3) is 0 Å². The van der Waals surface area contributed by atoms with Crippen molar-refractivity contribution in [2.75, 3.05) is 0 Å². The van der Waals surface area contributed by atoms with Gasteiger partial charge in [-0.25, -0.2) is 0 Å². The molecule has 0 aromatic heterocycles. The summed E-state index contributed by atoms with van der Waals surface area (Å²) in [5, 5.41) is 0.799. The lowest BCUT2D eigenvalue weighted by Crippen LogP contribution is -2.19. The van der Waals surface area contributed by atoms with Gasteiger partial charge in [0, 0.05) is 5.02 Å². The summed E-state index contributed by atoms with van der Waals surface area (Å²) < 4.78 is 0. The fourth-order valence-electron chi connectivity index (χ4n) is 1.48. The van der Waals surface area contributed by atoms with Gasteiger partial charge >= 0.3 is 0 Å². The van der Waals surface area contributed by atoms with Gasteiger partial charge in [0.15, 0.2) is 0 Å². The number of rotatable bonds is 3. The molecule has 13 heavy (non-hydrogen) atoms. The largest absolute Gasteiger partial charge is 0.0843 e. The predicted octanol–water partition coefficient (Wildman–Crippen LogP) is 4.23. The lowest BCUT2D eigenvalue weighted by atomic mass is 9.78. The van der Waals surface area contributed by atoms with Crippen molar-refractivity contribution in [2.24, 2.45) is 0 Å². The molecular weight excluding hydrogens is 180 g/mol. The van der Waals surface area contributed by atoms with Gasteiger partial charge in [0.2, 0.25) is 0 Å². The summed E-state index contributed by atoms with van der Waals surface area (Å²) in [5.41, 5.74) is 1.27. The highest BCUT2D eigenvalue weighted by Crippen LogP contribution is 2.31. The summed E-state index contributed by atoms with van der Waals surface area (Å²) >= 11 is 5.94. The molecule has 0 amide bonds. The number of hydrogen-bond acceptors (Lipinski definition) is 0. The van der Waals surface area contributed by atoms with E-state index in [-0.39, 0.29) is 5.41 Å². The zero-order valence-electron chi connectivity index (χ0n) is 8.31. The highest BCUT2D eigenvalue weighted by molar-refractivity contribution is 6.30. The highest BCUT2D eigenvalue weighted by atomic mass is 35.5. The van der Waals surface area contributed by atoms with Crippen molar-refractivity contribution < 1.29 is 0 Å². The third-order valence-electron chi connectivity index (χ3n) is 2.79. The molecule has 0 fully saturated rings. The van der Waals surface area contributed by atoms with Crippen LogP contribution in [0.4, 0.5) is 0 Å². The van der Waals surface area contributed by atoms with Crippen LogP contribution in [0.25, 0.3) is 0 Å². The second kappa shape index (κ2) is 4.15. The fraction of sp³-hybridized carbons (Fsp3) is 0.417. The molecule has 0 heterocycles. The Morgan fingerprint density at radius 3 is 2.38 bits per heavy atom. The molecule has 0 aliphatic heterocycles. The first-order valence-electron chi connectivity index (χ1n) is 4.74.